The molecule has 33 heavy (non-hydrogen) atoms. The van der Waals surface area contributed by atoms with E-state index in [2.05, 4.69) is 15.5 Å². The highest BCUT2D eigenvalue weighted by molar-refractivity contribution is 5.82. The summed E-state index contributed by atoms with van der Waals surface area (Å²) < 4.78 is 10.2. The van der Waals surface area contributed by atoms with Crippen molar-refractivity contribution in [1.82, 2.24) is 20.4 Å². The zero-order chi connectivity index (χ0) is 23.7. The highest BCUT2D eigenvalue weighted by atomic mass is 16.5. The van der Waals surface area contributed by atoms with Gasteiger partial charge in [0.2, 0.25) is 17.7 Å². The zero-order valence-electron chi connectivity index (χ0n) is 19.3. The van der Waals surface area contributed by atoms with Gasteiger partial charge in [0, 0.05) is 26.3 Å². The first-order valence-electron chi connectivity index (χ1n) is 11.4. The minimum Gasteiger partial charge on any atom is -0.468 e. The van der Waals surface area contributed by atoms with E-state index in [9.17, 15) is 14.4 Å². The molecule has 0 unspecified atom stereocenters. The molecule has 1 aliphatic carbocycles. The first-order valence-corrected chi connectivity index (χ1v) is 11.4. The van der Waals surface area contributed by atoms with Crippen LogP contribution in [0, 0.1) is 0 Å². The van der Waals surface area contributed by atoms with Crippen LogP contribution in [-0.2, 0) is 37.6 Å². The molecular weight excluding hydrogens is 424 g/mol. The zero-order valence-corrected chi connectivity index (χ0v) is 19.3. The van der Waals surface area contributed by atoms with Crippen LogP contribution in [0.3, 0.4) is 0 Å². The minimum atomic E-state index is -0.627. The summed E-state index contributed by atoms with van der Waals surface area (Å²) in [5, 5.41) is 7.21. The molecule has 2 aromatic rings. The Hall–Kier alpha value is -3.23. The molecule has 9 nitrogen and oxygen atoms in total. The van der Waals surface area contributed by atoms with Crippen molar-refractivity contribution in [3.8, 4) is 0 Å². The number of hydrogen-bond acceptors (Lipinski definition) is 7. The molecule has 3 rings (SSSR count). The number of aryl methyl sites for hydroxylation is 1. The summed E-state index contributed by atoms with van der Waals surface area (Å²) in [6.45, 7) is 1.66. The van der Waals surface area contributed by atoms with E-state index in [1.165, 1.54) is 18.9 Å². The van der Waals surface area contributed by atoms with Gasteiger partial charge >= 0.3 is 5.97 Å². The molecule has 1 aliphatic rings. The third-order valence-corrected chi connectivity index (χ3v) is 5.94. The molecule has 1 N–H and O–H groups in total. The molecular formula is C24H32N4O5. The van der Waals surface area contributed by atoms with E-state index >= 15 is 0 Å². The van der Waals surface area contributed by atoms with Crippen molar-refractivity contribution in [2.24, 2.45) is 0 Å². The van der Waals surface area contributed by atoms with Gasteiger partial charge < -0.3 is 19.5 Å². The number of benzene rings is 1. The lowest BCUT2D eigenvalue weighted by atomic mass is 9.89. The molecule has 1 aromatic carbocycles. The minimum absolute atomic E-state index is 0.110. The Kier molecular flexibility index (Phi) is 8.57. The fraction of sp³-hybridized carbons (Fsp3) is 0.542. The maximum atomic E-state index is 12.9. The van der Waals surface area contributed by atoms with Crippen LogP contribution in [0.5, 0.6) is 0 Å². The number of nitrogens with zero attached hydrogens (tertiary/aromatic N) is 3. The van der Waals surface area contributed by atoms with Crippen molar-refractivity contribution in [3.05, 3.63) is 47.6 Å². The quantitative estimate of drug-likeness (QED) is 0.456. The first-order chi connectivity index (χ1) is 15.9. The molecule has 9 heteroatoms. The highest BCUT2D eigenvalue weighted by Crippen LogP contribution is 2.34. The maximum absolute atomic E-state index is 12.9. The van der Waals surface area contributed by atoms with Crippen molar-refractivity contribution in [2.75, 3.05) is 13.7 Å². The number of carbonyl (C=O) groups is 3. The fourth-order valence-corrected chi connectivity index (χ4v) is 4.25. The van der Waals surface area contributed by atoms with Gasteiger partial charge in [0.1, 0.15) is 12.1 Å². The third kappa shape index (κ3) is 6.87. The van der Waals surface area contributed by atoms with Crippen molar-refractivity contribution >= 4 is 17.8 Å². The first kappa shape index (κ1) is 24.4. The van der Waals surface area contributed by atoms with E-state index in [0.717, 1.165) is 44.1 Å². The molecule has 0 aliphatic heterocycles. The van der Waals surface area contributed by atoms with Crippen molar-refractivity contribution in [2.45, 2.75) is 70.4 Å². The molecule has 0 radical (unpaired) electrons. The molecule has 1 aromatic heterocycles. The van der Waals surface area contributed by atoms with Crippen LogP contribution in [0.25, 0.3) is 0 Å². The third-order valence-electron chi connectivity index (χ3n) is 5.94. The average molecular weight is 457 g/mol. The van der Waals surface area contributed by atoms with Crippen LogP contribution in [0.2, 0.25) is 0 Å². The number of nitrogens with one attached hydrogen (secondary N) is 1. The molecule has 0 saturated heterocycles. The largest absolute Gasteiger partial charge is 0.468 e. The number of aromatic nitrogens is 2. The van der Waals surface area contributed by atoms with E-state index < -0.39 is 11.5 Å². The predicted molar refractivity (Wildman–Crippen MR) is 120 cm³/mol. The van der Waals surface area contributed by atoms with Gasteiger partial charge in [-0.1, -0.05) is 61.2 Å². The lowest BCUT2D eigenvalue weighted by Gasteiger charge is -2.30. The number of methoxy groups -OCH3 is 1. The van der Waals surface area contributed by atoms with Crippen molar-refractivity contribution in [1.29, 1.82) is 0 Å². The Bertz CT molecular complexity index is 935. The van der Waals surface area contributed by atoms with Crippen LogP contribution in [0.1, 0.15) is 69.1 Å². The molecule has 1 heterocycles. The second-order valence-corrected chi connectivity index (χ2v) is 8.50. The summed E-state index contributed by atoms with van der Waals surface area (Å²) in [6.07, 6.45) is 6.04. The number of carbonyl (C=O) groups excluding carboxylic acids is 3. The van der Waals surface area contributed by atoms with Gasteiger partial charge in [0.05, 0.1) is 7.11 Å². The molecule has 2 amide bonds. The summed E-state index contributed by atoms with van der Waals surface area (Å²) in [5.41, 5.74) is 0.290. The average Bonchev–Trinajstić information content (AvgIpc) is 3.17. The van der Waals surface area contributed by atoms with Crippen LogP contribution >= 0.6 is 0 Å². The molecule has 0 atom stereocenters. The lowest BCUT2D eigenvalue weighted by Crippen LogP contribution is -2.45. The maximum Gasteiger partial charge on any atom is 0.325 e. The van der Waals surface area contributed by atoms with E-state index in [-0.39, 0.29) is 31.2 Å². The van der Waals surface area contributed by atoms with Crippen LogP contribution in [0.4, 0.5) is 0 Å². The second-order valence-electron chi connectivity index (χ2n) is 8.50. The van der Waals surface area contributed by atoms with Gasteiger partial charge in [0.25, 0.3) is 0 Å². The molecule has 1 saturated carbocycles. The smallest absolute Gasteiger partial charge is 0.325 e. The number of hydrogen-bond donors (Lipinski definition) is 1. The van der Waals surface area contributed by atoms with E-state index in [0.29, 0.717) is 18.3 Å². The van der Waals surface area contributed by atoms with Gasteiger partial charge in [-0.25, -0.2) is 0 Å². The standard InChI is InChI=1S/C24H32N4O5/c1-18(29)26-24(14-8-3-4-9-15-24)23-25-20(33-27-23)12-13-21(30)28(17-22(31)32-2)16-19-10-6-5-7-11-19/h5-7,10-11H,3-4,8-9,12-17H2,1-2H3,(H,26,29). The molecule has 0 bridgehead atoms. The van der Waals surface area contributed by atoms with E-state index in [4.69, 9.17) is 9.26 Å². The number of amides is 2. The van der Waals surface area contributed by atoms with Gasteiger partial charge in [-0.2, -0.15) is 4.98 Å². The summed E-state index contributed by atoms with van der Waals surface area (Å²) in [4.78, 5) is 42.6. The Morgan fingerprint density at radius 2 is 1.82 bits per heavy atom. The number of rotatable bonds is 9. The summed E-state index contributed by atoms with van der Waals surface area (Å²) in [5.74, 6) is -0.0133. The van der Waals surface area contributed by atoms with Gasteiger partial charge in [-0.05, 0) is 18.4 Å². The molecule has 178 valence electrons. The van der Waals surface area contributed by atoms with Crippen LogP contribution in [-0.4, -0.2) is 46.5 Å². The Morgan fingerprint density at radius 3 is 2.45 bits per heavy atom. The van der Waals surface area contributed by atoms with Crippen molar-refractivity contribution in [3.63, 3.8) is 0 Å². The molecule has 1 fully saturated rings. The highest BCUT2D eigenvalue weighted by Gasteiger charge is 2.38. The second kappa shape index (κ2) is 11.6. The van der Waals surface area contributed by atoms with Gasteiger partial charge in [-0.15, -0.1) is 0 Å². The molecule has 0 spiro atoms. The van der Waals surface area contributed by atoms with E-state index in [1.807, 2.05) is 30.3 Å². The monoisotopic (exact) mass is 456 g/mol. The number of ether oxygens (including phenoxy) is 1. The summed E-state index contributed by atoms with van der Waals surface area (Å²) in [7, 11) is 1.30. The Morgan fingerprint density at radius 1 is 1.12 bits per heavy atom. The van der Waals surface area contributed by atoms with Gasteiger partial charge in [-0.3, -0.25) is 14.4 Å². The lowest BCUT2D eigenvalue weighted by molar-refractivity contribution is -0.147. The predicted octanol–water partition coefficient (Wildman–Crippen LogP) is 2.89. The van der Waals surface area contributed by atoms with Crippen LogP contribution < -0.4 is 5.32 Å². The fourth-order valence-electron chi connectivity index (χ4n) is 4.25. The van der Waals surface area contributed by atoms with Crippen molar-refractivity contribution < 1.29 is 23.6 Å². The van der Waals surface area contributed by atoms with Crippen LogP contribution in [0.15, 0.2) is 34.9 Å². The Balaban J connectivity index is 1.68. The summed E-state index contributed by atoms with van der Waals surface area (Å²) >= 11 is 0. The Labute approximate surface area is 193 Å². The van der Waals surface area contributed by atoms with Gasteiger partial charge in [0.15, 0.2) is 5.82 Å². The number of esters is 1. The van der Waals surface area contributed by atoms with E-state index in [1.54, 1.807) is 0 Å². The SMILES string of the molecule is COC(=O)CN(Cc1ccccc1)C(=O)CCc1nc(C2(NC(C)=O)CCCCCC2)no1. The normalized spacial score (nSPS) is 15.3. The topological polar surface area (TPSA) is 115 Å². The summed E-state index contributed by atoms with van der Waals surface area (Å²) in [6, 6.07) is 9.46.